The second kappa shape index (κ2) is 8.21. The Morgan fingerprint density at radius 2 is 1.70 bits per heavy atom. The molecule has 1 heterocycles. The van der Waals surface area contributed by atoms with Gasteiger partial charge in [0, 0.05) is 35.5 Å². The van der Waals surface area contributed by atoms with Gasteiger partial charge in [-0.1, -0.05) is 52.3 Å². The quantitative estimate of drug-likeness (QED) is 0.356. The van der Waals surface area contributed by atoms with Gasteiger partial charge in [0.25, 0.3) is 0 Å². The molecule has 0 aromatic carbocycles. The number of fused-ring (bicyclic) bond motifs is 7. The number of hydrogen-bond acceptors (Lipinski definition) is 7. The molecule has 7 nitrogen and oxygen atoms in total. The Bertz CT molecular complexity index is 1040. The zero-order chi connectivity index (χ0) is 27.5. The van der Waals surface area contributed by atoms with Crippen LogP contribution in [-0.2, 0) is 9.53 Å². The van der Waals surface area contributed by atoms with E-state index in [-0.39, 0.29) is 49.3 Å². The van der Waals surface area contributed by atoms with E-state index in [9.17, 15) is 30.3 Å². The van der Waals surface area contributed by atoms with Crippen LogP contribution in [0.4, 0.5) is 0 Å². The van der Waals surface area contributed by atoms with Crippen molar-refractivity contribution in [3.63, 3.8) is 0 Å². The molecule has 0 bridgehead atoms. The van der Waals surface area contributed by atoms with Gasteiger partial charge >= 0.3 is 0 Å². The SMILES string of the molecule is C/C(=C\[C@@H]1C[C@](C)(O)[C@H]2[C@@H](C[C@@]3(C)[C@@H]4[C@@H](O)C=C5[C@@H](C[C@H](O)[C@H](O)C5(C)C)[C@]4(C)C(=O)C[C@]23C)O1)CO. The number of aliphatic hydroxyl groups excluding tert-OH is 4. The first kappa shape index (κ1) is 27.5. The standard InChI is InChI=1S/C30H46O7/c1-15(14-31)8-16-11-29(6,36)24-21(37-16)12-27(4)23-19(32)9-17-18(10-20(33)25(35)26(17,2)3)30(23,7)22(34)13-28(24,27)5/h8-9,16,18-21,23-25,31-33,35-36H,10-14H2,1-7H3/b15-8+/t16-,18-,19+,20+,21-,23+,24+,25+,27+,28-,29+,30-/m1/s1. The number of carbonyl (C=O) groups is 1. The van der Waals surface area contributed by atoms with Gasteiger partial charge in [-0.3, -0.25) is 4.79 Å². The molecule has 5 rings (SSSR count). The Morgan fingerprint density at radius 3 is 2.32 bits per heavy atom. The van der Waals surface area contributed by atoms with Crippen molar-refractivity contribution in [2.24, 2.45) is 39.4 Å². The predicted molar refractivity (Wildman–Crippen MR) is 138 cm³/mol. The molecule has 37 heavy (non-hydrogen) atoms. The van der Waals surface area contributed by atoms with Gasteiger partial charge in [-0.05, 0) is 49.0 Å². The van der Waals surface area contributed by atoms with Gasteiger partial charge in [0.15, 0.2) is 0 Å². The first-order valence-corrected chi connectivity index (χ1v) is 13.9. The highest BCUT2D eigenvalue weighted by atomic mass is 16.5. The monoisotopic (exact) mass is 518 g/mol. The number of carbonyl (C=O) groups excluding carboxylic acids is 1. The summed E-state index contributed by atoms with van der Waals surface area (Å²) in [6, 6.07) is 0. The lowest BCUT2D eigenvalue weighted by Gasteiger charge is -2.66. The van der Waals surface area contributed by atoms with E-state index in [4.69, 9.17) is 4.74 Å². The summed E-state index contributed by atoms with van der Waals surface area (Å²) >= 11 is 0. The van der Waals surface area contributed by atoms with Crippen LogP contribution in [-0.4, -0.2) is 74.0 Å². The van der Waals surface area contributed by atoms with E-state index in [0.29, 0.717) is 12.8 Å². The van der Waals surface area contributed by atoms with Crippen LogP contribution >= 0.6 is 0 Å². The highest BCUT2D eigenvalue weighted by molar-refractivity contribution is 5.88. The fourth-order valence-electron chi connectivity index (χ4n) is 10.1. The second-order valence-corrected chi connectivity index (χ2v) is 14.5. The van der Waals surface area contributed by atoms with E-state index in [1.54, 1.807) is 0 Å². The summed E-state index contributed by atoms with van der Waals surface area (Å²) in [5, 5.41) is 54.8. The molecule has 5 N–H and O–H groups in total. The van der Waals surface area contributed by atoms with Crippen molar-refractivity contribution in [2.75, 3.05) is 6.61 Å². The van der Waals surface area contributed by atoms with Crippen molar-refractivity contribution in [2.45, 2.75) is 110 Å². The summed E-state index contributed by atoms with van der Waals surface area (Å²) < 4.78 is 6.57. The molecule has 0 radical (unpaired) electrons. The van der Waals surface area contributed by atoms with Crippen molar-refractivity contribution in [3.05, 3.63) is 23.3 Å². The fourth-order valence-corrected chi connectivity index (χ4v) is 10.1. The smallest absolute Gasteiger partial charge is 0.140 e. The lowest BCUT2D eigenvalue weighted by Crippen LogP contribution is -2.68. The molecule has 0 unspecified atom stereocenters. The average Bonchev–Trinajstić information content (AvgIpc) is 3.00. The Morgan fingerprint density at radius 1 is 1.05 bits per heavy atom. The molecule has 4 fully saturated rings. The third-order valence-corrected chi connectivity index (χ3v) is 11.9. The third-order valence-electron chi connectivity index (χ3n) is 11.9. The van der Waals surface area contributed by atoms with E-state index in [1.807, 2.05) is 46.8 Å². The summed E-state index contributed by atoms with van der Waals surface area (Å²) in [6.45, 7) is 13.6. The van der Waals surface area contributed by atoms with Gasteiger partial charge in [-0.2, -0.15) is 0 Å². The Balaban J connectivity index is 1.62. The van der Waals surface area contributed by atoms with Crippen LogP contribution < -0.4 is 0 Å². The number of ketones is 1. The fraction of sp³-hybridized carbons (Fsp3) is 0.833. The number of ether oxygens (including phenoxy) is 1. The van der Waals surface area contributed by atoms with Crippen molar-refractivity contribution < 1.29 is 35.1 Å². The average molecular weight is 519 g/mol. The maximum atomic E-state index is 14.3. The number of aliphatic hydroxyl groups is 5. The zero-order valence-corrected chi connectivity index (χ0v) is 23.4. The Kier molecular flexibility index (Phi) is 6.10. The normalized spacial score (nSPS) is 55.1. The van der Waals surface area contributed by atoms with Crippen LogP contribution in [0.15, 0.2) is 23.3 Å². The molecule has 5 aliphatic rings. The van der Waals surface area contributed by atoms with Crippen LogP contribution in [0.3, 0.4) is 0 Å². The summed E-state index contributed by atoms with van der Waals surface area (Å²) in [5.41, 5.74) is -2.24. The van der Waals surface area contributed by atoms with Crippen molar-refractivity contribution in [3.8, 4) is 0 Å². The van der Waals surface area contributed by atoms with Crippen molar-refractivity contribution >= 4 is 5.78 Å². The number of Topliss-reactive ketones (excluding diaryl/α,β-unsaturated/α-hetero) is 1. The molecule has 1 saturated heterocycles. The third kappa shape index (κ3) is 3.44. The zero-order valence-electron chi connectivity index (χ0n) is 23.4. The minimum Gasteiger partial charge on any atom is -0.392 e. The highest BCUT2D eigenvalue weighted by Gasteiger charge is 2.76. The van der Waals surface area contributed by atoms with E-state index in [2.05, 4.69) is 13.8 Å². The minimum atomic E-state index is -1.09. The summed E-state index contributed by atoms with van der Waals surface area (Å²) in [4.78, 5) is 14.3. The van der Waals surface area contributed by atoms with Gasteiger partial charge in [-0.15, -0.1) is 0 Å². The molecule has 4 aliphatic carbocycles. The van der Waals surface area contributed by atoms with Gasteiger partial charge < -0.3 is 30.3 Å². The van der Waals surface area contributed by atoms with Gasteiger partial charge in [0.1, 0.15) is 5.78 Å². The Labute approximate surface area is 220 Å². The molecule has 7 heteroatoms. The molecule has 1 aliphatic heterocycles. The summed E-state index contributed by atoms with van der Waals surface area (Å²) in [5.74, 6) is -0.932. The van der Waals surface area contributed by atoms with E-state index in [1.165, 1.54) is 0 Å². The Hall–Kier alpha value is -1.09. The van der Waals surface area contributed by atoms with Crippen LogP contribution in [0.25, 0.3) is 0 Å². The van der Waals surface area contributed by atoms with Crippen LogP contribution in [0.5, 0.6) is 0 Å². The highest BCUT2D eigenvalue weighted by Crippen LogP contribution is 2.75. The second-order valence-electron chi connectivity index (χ2n) is 14.5. The van der Waals surface area contributed by atoms with Gasteiger partial charge in [0.05, 0.1) is 42.7 Å². The van der Waals surface area contributed by atoms with E-state index >= 15 is 0 Å². The van der Waals surface area contributed by atoms with Crippen molar-refractivity contribution in [1.82, 2.24) is 0 Å². The van der Waals surface area contributed by atoms with E-state index < -0.39 is 51.5 Å². The molecule has 3 saturated carbocycles. The van der Waals surface area contributed by atoms with Crippen LogP contribution in [0.2, 0.25) is 0 Å². The maximum absolute atomic E-state index is 14.3. The number of rotatable bonds is 2. The van der Waals surface area contributed by atoms with Crippen molar-refractivity contribution in [1.29, 1.82) is 0 Å². The minimum absolute atomic E-state index is 0.0566. The molecule has 12 atom stereocenters. The summed E-state index contributed by atoms with van der Waals surface area (Å²) in [6.07, 6.45) is 1.81. The maximum Gasteiger partial charge on any atom is 0.140 e. The van der Waals surface area contributed by atoms with Gasteiger partial charge in [-0.25, -0.2) is 0 Å². The molecule has 0 spiro atoms. The van der Waals surface area contributed by atoms with Crippen LogP contribution in [0, 0.1) is 39.4 Å². The molecular formula is C30H46O7. The molecule has 0 aromatic rings. The molecule has 0 amide bonds. The molecule has 0 aromatic heterocycles. The first-order chi connectivity index (χ1) is 16.9. The number of hydrogen-bond donors (Lipinski definition) is 5. The lowest BCUT2D eigenvalue weighted by atomic mass is 9.38. The lowest BCUT2D eigenvalue weighted by molar-refractivity contribution is -0.211. The van der Waals surface area contributed by atoms with E-state index in [0.717, 1.165) is 11.1 Å². The largest absolute Gasteiger partial charge is 0.392 e. The first-order valence-electron chi connectivity index (χ1n) is 13.9. The van der Waals surface area contributed by atoms with Crippen LogP contribution in [0.1, 0.15) is 74.1 Å². The molecule has 208 valence electrons. The molecular weight excluding hydrogens is 472 g/mol. The van der Waals surface area contributed by atoms with Gasteiger partial charge in [0.2, 0.25) is 0 Å². The predicted octanol–water partition coefficient (Wildman–Crippen LogP) is 2.53. The summed E-state index contributed by atoms with van der Waals surface area (Å²) in [7, 11) is 0. The topological polar surface area (TPSA) is 127 Å².